The van der Waals surface area contributed by atoms with Crippen LogP contribution in [-0.2, 0) is 10.0 Å². The Bertz CT molecular complexity index is 655. The molecule has 0 unspecified atom stereocenters. The van der Waals surface area contributed by atoms with Crippen molar-refractivity contribution in [1.82, 2.24) is 0 Å². The number of nitriles is 1. The van der Waals surface area contributed by atoms with Crippen molar-refractivity contribution in [3.63, 3.8) is 0 Å². The summed E-state index contributed by atoms with van der Waals surface area (Å²) >= 11 is 6.56. The molecule has 1 fully saturated rings. The van der Waals surface area contributed by atoms with Crippen LogP contribution in [-0.4, -0.2) is 15.0 Å². The summed E-state index contributed by atoms with van der Waals surface area (Å²) < 4.78 is 29.4. The van der Waals surface area contributed by atoms with Gasteiger partial charge in [-0.15, -0.1) is 0 Å². The molecule has 0 aliphatic heterocycles. The fourth-order valence-electron chi connectivity index (χ4n) is 1.78. The van der Waals surface area contributed by atoms with Gasteiger partial charge in [-0.05, 0) is 56.8 Å². The molecule has 0 saturated heterocycles. The van der Waals surface area contributed by atoms with E-state index in [0.717, 1.165) is 12.8 Å². The molecule has 1 aromatic carbocycles. The summed E-state index contributed by atoms with van der Waals surface area (Å²) in [5, 5.41) is 13.9. The fourth-order valence-corrected chi connectivity index (χ4v) is 4.06. The van der Waals surface area contributed by atoms with E-state index >= 15 is 0 Å². The quantitative estimate of drug-likeness (QED) is 0.787. The van der Waals surface area contributed by atoms with E-state index < -0.39 is 10.0 Å². The molecule has 5 nitrogen and oxygen atoms in total. The highest BCUT2D eigenvalue weighted by Crippen LogP contribution is 2.49. The van der Waals surface area contributed by atoms with Crippen LogP contribution in [0.3, 0.4) is 0 Å². The topological polar surface area (TPSA) is 93.2 Å². The highest BCUT2D eigenvalue weighted by molar-refractivity contribution is 9.11. The molecule has 2 rings (SSSR count). The normalized spacial score (nSPS) is 16.5. The molecule has 0 heterocycles. The molecule has 1 aliphatic carbocycles. The van der Waals surface area contributed by atoms with Gasteiger partial charge in [-0.25, -0.2) is 13.6 Å². The van der Waals surface area contributed by atoms with Gasteiger partial charge in [-0.3, -0.25) is 0 Å². The highest BCUT2D eigenvalue weighted by atomic mass is 79.9. The Morgan fingerprint density at radius 3 is 2.30 bits per heavy atom. The van der Waals surface area contributed by atoms with Gasteiger partial charge in [0.2, 0.25) is 10.0 Å². The molecule has 1 saturated carbocycles. The lowest BCUT2D eigenvalue weighted by Crippen LogP contribution is -2.14. The van der Waals surface area contributed by atoms with Gasteiger partial charge in [0.15, 0.2) is 0 Å². The molecule has 1 aliphatic rings. The maximum absolute atomic E-state index is 11.3. The van der Waals surface area contributed by atoms with Gasteiger partial charge in [0.05, 0.1) is 26.5 Å². The van der Waals surface area contributed by atoms with Crippen LogP contribution in [0.2, 0.25) is 0 Å². The molecular formula is C12H12Br2N2O3S. The minimum absolute atomic E-state index is 0.00163. The average molecular weight is 424 g/mol. The molecule has 0 bridgehead atoms. The van der Waals surface area contributed by atoms with Crippen molar-refractivity contribution in [2.24, 2.45) is 10.6 Å². The van der Waals surface area contributed by atoms with Crippen molar-refractivity contribution in [1.29, 1.82) is 5.26 Å². The largest absolute Gasteiger partial charge is 0.491 e. The van der Waals surface area contributed by atoms with Crippen LogP contribution in [0.15, 0.2) is 26.0 Å². The Morgan fingerprint density at radius 2 is 1.90 bits per heavy atom. The SMILES string of the molecule is N#CCC1(COc2c(Br)cc(S(N)(=O)=O)cc2Br)CC1. The molecule has 0 spiro atoms. The lowest BCUT2D eigenvalue weighted by atomic mass is 10.1. The molecular weight excluding hydrogens is 412 g/mol. The van der Waals surface area contributed by atoms with Crippen molar-refractivity contribution in [3.8, 4) is 11.8 Å². The summed E-state index contributed by atoms with van der Waals surface area (Å²) in [4.78, 5) is 0.00163. The minimum atomic E-state index is -3.76. The first-order chi connectivity index (χ1) is 9.27. The van der Waals surface area contributed by atoms with E-state index in [1.165, 1.54) is 12.1 Å². The van der Waals surface area contributed by atoms with Crippen molar-refractivity contribution in [2.45, 2.75) is 24.2 Å². The van der Waals surface area contributed by atoms with Gasteiger partial charge in [0.1, 0.15) is 5.75 Å². The zero-order valence-electron chi connectivity index (χ0n) is 10.4. The molecule has 2 N–H and O–H groups in total. The Balaban J connectivity index is 2.20. The van der Waals surface area contributed by atoms with Crippen molar-refractivity contribution in [2.75, 3.05) is 6.61 Å². The van der Waals surface area contributed by atoms with Crippen molar-refractivity contribution >= 4 is 41.9 Å². The van der Waals surface area contributed by atoms with Crippen LogP contribution < -0.4 is 9.88 Å². The third-order valence-electron chi connectivity index (χ3n) is 3.23. The number of hydrogen-bond acceptors (Lipinski definition) is 4. The summed E-state index contributed by atoms with van der Waals surface area (Å²) in [7, 11) is -3.76. The molecule has 0 radical (unpaired) electrons. The van der Waals surface area contributed by atoms with E-state index in [-0.39, 0.29) is 10.3 Å². The number of sulfonamides is 1. The second kappa shape index (κ2) is 5.64. The Morgan fingerprint density at radius 1 is 1.35 bits per heavy atom. The van der Waals surface area contributed by atoms with E-state index in [0.29, 0.717) is 27.7 Å². The van der Waals surface area contributed by atoms with Crippen LogP contribution in [0.1, 0.15) is 19.3 Å². The predicted molar refractivity (Wildman–Crippen MR) is 80.6 cm³/mol. The summed E-state index contributed by atoms with van der Waals surface area (Å²) in [6.07, 6.45) is 2.42. The molecule has 20 heavy (non-hydrogen) atoms. The number of hydrogen-bond donors (Lipinski definition) is 1. The molecule has 8 heteroatoms. The van der Waals surface area contributed by atoms with Crippen LogP contribution in [0.4, 0.5) is 0 Å². The second-order valence-corrected chi connectivity index (χ2v) is 8.15. The monoisotopic (exact) mass is 422 g/mol. The van der Waals surface area contributed by atoms with Gasteiger partial charge in [0, 0.05) is 11.8 Å². The molecule has 1 aromatic rings. The van der Waals surface area contributed by atoms with Crippen molar-refractivity contribution < 1.29 is 13.2 Å². The Kier molecular flexibility index (Phi) is 4.44. The molecule has 0 aromatic heterocycles. The standard InChI is InChI=1S/C12H12Br2N2O3S/c13-9-5-8(20(16,17)18)6-10(14)11(9)19-7-12(1-2-12)3-4-15/h5-6H,1-3,7H2,(H2,16,17,18). The summed E-state index contributed by atoms with van der Waals surface area (Å²) in [6, 6.07) is 4.97. The number of nitrogens with two attached hydrogens (primary N) is 1. The van der Waals surface area contributed by atoms with Crippen LogP contribution in [0.25, 0.3) is 0 Å². The van der Waals surface area contributed by atoms with E-state index in [2.05, 4.69) is 37.9 Å². The summed E-state index contributed by atoms with van der Waals surface area (Å²) in [5.74, 6) is 0.515. The van der Waals surface area contributed by atoms with Gasteiger partial charge in [-0.1, -0.05) is 0 Å². The van der Waals surface area contributed by atoms with E-state index in [4.69, 9.17) is 15.1 Å². The molecule has 0 atom stereocenters. The summed E-state index contributed by atoms with van der Waals surface area (Å²) in [5.41, 5.74) is -0.0494. The van der Waals surface area contributed by atoms with Crippen molar-refractivity contribution in [3.05, 3.63) is 21.1 Å². The number of ether oxygens (including phenoxy) is 1. The van der Waals surface area contributed by atoms with Gasteiger partial charge < -0.3 is 4.74 Å². The third kappa shape index (κ3) is 3.52. The number of nitrogens with zero attached hydrogens (tertiary/aromatic N) is 1. The summed E-state index contributed by atoms with van der Waals surface area (Å²) in [6.45, 7) is 0.437. The average Bonchev–Trinajstić information content (AvgIpc) is 3.07. The van der Waals surface area contributed by atoms with Gasteiger partial charge in [-0.2, -0.15) is 5.26 Å². The number of primary sulfonamides is 1. The Labute approximate surface area is 134 Å². The number of benzene rings is 1. The molecule has 108 valence electrons. The maximum Gasteiger partial charge on any atom is 0.238 e. The predicted octanol–water partition coefficient (Wildman–Crippen LogP) is 2.93. The zero-order chi connectivity index (χ0) is 15.0. The second-order valence-electron chi connectivity index (χ2n) is 4.88. The highest BCUT2D eigenvalue weighted by Gasteiger charge is 2.43. The first-order valence-corrected chi connectivity index (χ1v) is 8.92. The molecule has 0 amide bonds. The first-order valence-electron chi connectivity index (χ1n) is 5.79. The number of rotatable bonds is 5. The van der Waals surface area contributed by atoms with Gasteiger partial charge in [0.25, 0.3) is 0 Å². The zero-order valence-corrected chi connectivity index (χ0v) is 14.4. The maximum atomic E-state index is 11.3. The Hall–Kier alpha value is -0.620. The lowest BCUT2D eigenvalue weighted by molar-refractivity contribution is 0.234. The smallest absolute Gasteiger partial charge is 0.238 e. The lowest BCUT2D eigenvalue weighted by Gasteiger charge is -2.16. The van der Waals surface area contributed by atoms with Crippen LogP contribution in [0, 0.1) is 16.7 Å². The number of halogens is 2. The van der Waals surface area contributed by atoms with E-state index in [9.17, 15) is 8.42 Å². The van der Waals surface area contributed by atoms with E-state index in [1.54, 1.807) is 0 Å². The van der Waals surface area contributed by atoms with Gasteiger partial charge >= 0.3 is 0 Å². The van der Waals surface area contributed by atoms with Crippen LogP contribution >= 0.6 is 31.9 Å². The third-order valence-corrected chi connectivity index (χ3v) is 5.31. The van der Waals surface area contributed by atoms with Crippen LogP contribution in [0.5, 0.6) is 5.75 Å². The fraction of sp³-hybridized carbons (Fsp3) is 0.417. The minimum Gasteiger partial charge on any atom is -0.491 e. The van der Waals surface area contributed by atoms with E-state index in [1.807, 2.05) is 0 Å². The first kappa shape index (κ1) is 15.8.